The first kappa shape index (κ1) is 31.3. The van der Waals surface area contributed by atoms with Crippen molar-refractivity contribution in [3.8, 4) is 5.75 Å². The smallest absolute Gasteiger partial charge is 0.408 e. The van der Waals surface area contributed by atoms with Crippen LogP contribution in [-0.2, 0) is 25.5 Å². The lowest BCUT2D eigenvalue weighted by atomic mass is 9.53. The van der Waals surface area contributed by atoms with Crippen molar-refractivity contribution in [3.05, 3.63) is 40.4 Å². The first-order chi connectivity index (χ1) is 20.4. The number of hydrogen-bond donors (Lipinski definition) is 2. The van der Waals surface area contributed by atoms with Crippen molar-refractivity contribution in [1.29, 1.82) is 0 Å². The van der Waals surface area contributed by atoms with Crippen molar-refractivity contribution >= 4 is 34.4 Å². The summed E-state index contributed by atoms with van der Waals surface area (Å²) in [5.74, 6) is 1.82. The third-order valence-electron chi connectivity index (χ3n) is 9.65. The van der Waals surface area contributed by atoms with Gasteiger partial charge < -0.3 is 24.8 Å². The van der Waals surface area contributed by atoms with Gasteiger partial charge >= 0.3 is 12.1 Å². The fourth-order valence-corrected chi connectivity index (χ4v) is 8.65. The SMILES string of the molecule is COc1ccc2c(c1)CCC1C2CC[C@@]2(C)C1[C@H](CCC(=O)Nc1ncc(C)s1)C[C@@H]2OC(=O)CNC(=O)OC(C)(C)C. The van der Waals surface area contributed by atoms with Crippen molar-refractivity contribution in [2.24, 2.45) is 23.2 Å². The number of thiazole rings is 1. The van der Waals surface area contributed by atoms with Gasteiger partial charge in [-0.3, -0.25) is 9.59 Å². The summed E-state index contributed by atoms with van der Waals surface area (Å²) >= 11 is 1.47. The number of methoxy groups -OCH3 is 1. The molecule has 0 bridgehead atoms. The molecule has 0 saturated heterocycles. The number of nitrogens with zero attached hydrogens (tertiary/aromatic N) is 1. The molecule has 0 radical (unpaired) electrons. The molecule has 9 nitrogen and oxygen atoms in total. The Hall–Kier alpha value is -3.14. The van der Waals surface area contributed by atoms with Gasteiger partial charge in [0.05, 0.1) is 7.11 Å². The van der Waals surface area contributed by atoms with E-state index in [4.69, 9.17) is 14.2 Å². The summed E-state index contributed by atoms with van der Waals surface area (Å²) < 4.78 is 16.9. The first-order valence-corrected chi connectivity index (χ1v) is 16.2. The number of aromatic nitrogens is 1. The predicted octanol–water partition coefficient (Wildman–Crippen LogP) is 6.40. The maximum absolute atomic E-state index is 13.0. The monoisotopic (exact) mass is 611 g/mol. The fourth-order valence-electron chi connectivity index (χ4n) is 7.97. The maximum Gasteiger partial charge on any atom is 0.408 e. The van der Waals surface area contributed by atoms with Crippen molar-refractivity contribution in [1.82, 2.24) is 10.3 Å². The summed E-state index contributed by atoms with van der Waals surface area (Å²) in [4.78, 5) is 43.4. The zero-order valence-electron chi connectivity index (χ0n) is 26.2. The summed E-state index contributed by atoms with van der Waals surface area (Å²) in [5.41, 5.74) is 1.92. The molecule has 3 aliphatic rings. The van der Waals surface area contributed by atoms with Gasteiger partial charge in [0, 0.05) is 22.9 Å². The normalized spacial score (nSPS) is 27.7. The summed E-state index contributed by atoms with van der Waals surface area (Å²) in [5, 5.41) is 6.11. The van der Waals surface area contributed by atoms with E-state index < -0.39 is 17.7 Å². The summed E-state index contributed by atoms with van der Waals surface area (Å²) in [7, 11) is 1.71. The molecule has 3 unspecified atom stereocenters. The van der Waals surface area contributed by atoms with Gasteiger partial charge in [0.2, 0.25) is 5.91 Å². The van der Waals surface area contributed by atoms with E-state index in [1.165, 1.54) is 22.5 Å². The van der Waals surface area contributed by atoms with Crippen LogP contribution in [0.3, 0.4) is 0 Å². The van der Waals surface area contributed by atoms with Crippen molar-refractivity contribution in [2.45, 2.75) is 97.2 Å². The van der Waals surface area contributed by atoms with E-state index in [1.54, 1.807) is 34.1 Å². The predicted molar refractivity (Wildman–Crippen MR) is 165 cm³/mol. The molecule has 0 spiro atoms. The molecular formula is C33H45N3O6S. The van der Waals surface area contributed by atoms with Crippen LogP contribution < -0.4 is 15.4 Å². The Morgan fingerprint density at radius 3 is 2.67 bits per heavy atom. The molecule has 43 heavy (non-hydrogen) atoms. The van der Waals surface area contributed by atoms with Gasteiger partial charge in [-0.2, -0.15) is 0 Å². The molecule has 6 atom stereocenters. The summed E-state index contributed by atoms with van der Waals surface area (Å²) in [6.45, 7) is 9.33. The van der Waals surface area contributed by atoms with E-state index in [0.29, 0.717) is 35.7 Å². The Morgan fingerprint density at radius 2 is 1.98 bits per heavy atom. The van der Waals surface area contributed by atoms with Crippen LogP contribution in [0.1, 0.15) is 88.1 Å². The minimum absolute atomic E-state index is 0.0356. The zero-order valence-corrected chi connectivity index (χ0v) is 27.0. The Bertz CT molecular complexity index is 1350. The molecule has 234 valence electrons. The molecule has 2 saturated carbocycles. The summed E-state index contributed by atoms with van der Waals surface area (Å²) in [6.07, 6.45) is 6.67. The van der Waals surface area contributed by atoms with E-state index in [0.717, 1.165) is 42.7 Å². The topological polar surface area (TPSA) is 116 Å². The quantitative estimate of drug-likeness (QED) is 0.332. The van der Waals surface area contributed by atoms with E-state index in [9.17, 15) is 14.4 Å². The fraction of sp³-hybridized carbons (Fsp3) is 0.636. The van der Waals surface area contributed by atoms with E-state index in [2.05, 4.69) is 40.7 Å². The molecule has 3 aliphatic carbocycles. The Kier molecular flexibility index (Phi) is 9.07. The van der Waals surface area contributed by atoms with E-state index in [1.807, 2.05) is 6.92 Å². The Morgan fingerprint density at radius 1 is 1.19 bits per heavy atom. The number of amides is 2. The molecule has 2 N–H and O–H groups in total. The highest BCUT2D eigenvalue weighted by Crippen LogP contribution is 2.64. The second kappa shape index (κ2) is 12.5. The number of anilines is 1. The lowest BCUT2D eigenvalue weighted by molar-refractivity contribution is -0.156. The molecule has 2 aromatic rings. The average Bonchev–Trinajstić information content (AvgIpc) is 3.48. The number of aryl methyl sites for hydroxylation is 2. The van der Waals surface area contributed by atoms with Crippen molar-refractivity contribution in [3.63, 3.8) is 0 Å². The maximum atomic E-state index is 13.0. The van der Waals surface area contributed by atoms with Crippen LogP contribution in [0.4, 0.5) is 9.93 Å². The van der Waals surface area contributed by atoms with Gasteiger partial charge in [0.25, 0.3) is 0 Å². The second-order valence-electron chi connectivity index (χ2n) is 13.6. The number of rotatable bonds is 8. The number of ether oxygens (including phenoxy) is 3. The standard InChI is InChI=1S/C33H45N3O6S/c1-19-17-34-30(43-19)36-27(37)12-8-21-16-26(41-28(38)18-35-31(39)42-32(2,3)4)33(5)14-13-24-23-11-9-22(40-6)15-20(23)7-10-25(24)29(21)33/h9,11,15,17,21,24-26,29H,7-8,10,12-14,16,18H2,1-6H3,(H,35,39)(H,34,36,37)/t21-,24?,25?,26+,29?,33-/m1/s1. The number of esters is 1. The third-order valence-corrected chi connectivity index (χ3v) is 10.5. The van der Waals surface area contributed by atoms with Crippen LogP contribution >= 0.6 is 11.3 Å². The van der Waals surface area contributed by atoms with Crippen LogP contribution in [-0.4, -0.2) is 48.3 Å². The minimum atomic E-state index is -0.652. The number of fused-ring (bicyclic) bond motifs is 5. The summed E-state index contributed by atoms with van der Waals surface area (Å²) in [6, 6.07) is 6.48. The number of alkyl carbamates (subject to hydrolysis) is 1. The molecule has 1 aromatic heterocycles. The highest BCUT2D eigenvalue weighted by atomic mass is 32.1. The number of carbonyl (C=O) groups excluding carboxylic acids is 3. The highest BCUT2D eigenvalue weighted by Gasteiger charge is 2.60. The number of carbonyl (C=O) groups is 3. The molecule has 1 heterocycles. The number of hydrogen-bond acceptors (Lipinski definition) is 8. The lowest BCUT2D eigenvalue weighted by Crippen LogP contribution is -2.47. The lowest BCUT2D eigenvalue weighted by Gasteiger charge is -2.51. The van der Waals surface area contributed by atoms with Crippen molar-refractivity contribution < 1.29 is 28.6 Å². The van der Waals surface area contributed by atoms with Crippen LogP contribution in [0.25, 0.3) is 0 Å². The molecule has 5 rings (SSSR count). The van der Waals surface area contributed by atoms with Gasteiger partial charge in [0.15, 0.2) is 5.13 Å². The second-order valence-corrected chi connectivity index (χ2v) is 14.9. The van der Waals surface area contributed by atoms with Crippen LogP contribution in [0.2, 0.25) is 0 Å². The Balaban J connectivity index is 1.32. The van der Waals surface area contributed by atoms with E-state index >= 15 is 0 Å². The number of benzene rings is 1. The zero-order chi connectivity index (χ0) is 30.9. The molecule has 0 aliphatic heterocycles. The molecule has 1 aromatic carbocycles. The van der Waals surface area contributed by atoms with Gasteiger partial charge in [-0.25, -0.2) is 9.78 Å². The first-order valence-electron chi connectivity index (χ1n) is 15.4. The van der Waals surface area contributed by atoms with Crippen LogP contribution in [0, 0.1) is 30.1 Å². The third kappa shape index (κ3) is 7.00. The molecular weight excluding hydrogens is 566 g/mol. The van der Waals surface area contributed by atoms with Crippen LogP contribution in [0.15, 0.2) is 24.4 Å². The van der Waals surface area contributed by atoms with Gasteiger partial charge in [-0.1, -0.05) is 13.0 Å². The molecule has 2 amide bonds. The van der Waals surface area contributed by atoms with Gasteiger partial charge in [-0.05, 0) is 113 Å². The molecule has 2 fully saturated rings. The minimum Gasteiger partial charge on any atom is -0.497 e. The van der Waals surface area contributed by atoms with Gasteiger partial charge in [-0.15, -0.1) is 11.3 Å². The van der Waals surface area contributed by atoms with Crippen molar-refractivity contribution in [2.75, 3.05) is 19.0 Å². The van der Waals surface area contributed by atoms with Gasteiger partial charge in [0.1, 0.15) is 24.0 Å². The largest absolute Gasteiger partial charge is 0.497 e. The average molecular weight is 612 g/mol. The Labute approximate surface area is 258 Å². The molecule has 10 heteroatoms. The number of nitrogens with one attached hydrogen (secondary N) is 2. The van der Waals surface area contributed by atoms with Crippen LogP contribution in [0.5, 0.6) is 5.75 Å². The highest BCUT2D eigenvalue weighted by molar-refractivity contribution is 7.15. The van der Waals surface area contributed by atoms with E-state index in [-0.39, 0.29) is 29.9 Å².